The number of esters is 2. The van der Waals surface area contributed by atoms with Crippen molar-refractivity contribution in [2.75, 3.05) is 17.2 Å². The molecule has 0 unspecified atom stereocenters. The second-order valence-electron chi connectivity index (χ2n) is 14.3. The van der Waals surface area contributed by atoms with E-state index in [1.807, 2.05) is 40.7 Å². The maximum absolute atomic E-state index is 12.7. The maximum Gasteiger partial charge on any atom is 0.307 e. The Morgan fingerprint density at radius 1 is 0.776 bits per heavy atom. The summed E-state index contributed by atoms with van der Waals surface area (Å²) < 4.78 is 10.6. The van der Waals surface area contributed by atoms with E-state index in [2.05, 4.69) is 16.0 Å². The van der Waals surface area contributed by atoms with Crippen molar-refractivity contribution in [1.82, 2.24) is 5.32 Å². The van der Waals surface area contributed by atoms with Crippen LogP contribution in [0.5, 0.6) is 0 Å². The van der Waals surface area contributed by atoms with Gasteiger partial charge in [-0.3, -0.25) is 19.2 Å². The summed E-state index contributed by atoms with van der Waals surface area (Å²) in [5, 5.41) is 10.2. The third kappa shape index (κ3) is 17.2. The van der Waals surface area contributed by atoms with Crippen molar-refractivity contribution in [3.8, 4) is 0 Å². The van der Waals surface area contributed by atoms with Gasteiger partial charge >= 0.3 is 11.9 Å². The molecular weight excluding hydrogens is 669 g/mol. The molecule has 10 nitrogen and oxygen atoms in total. The number of aldehydes is 1. The highest BCUT2D eigenvalue weighted by Gasteiger charge is 2.28. The topological polar surface area (TPSA) is 140 Å². The molecule has 3 N–H and O–H groups in total. The van der Waals surface area contributed by atoms with Crippen molar-refractivity contribution >= 4 is 64.6 Å². The Labute approximate surface area is 300 Å². The second kappa shape index (κ2) is 19.1. The van der Waals surface area contributed by atoms with Crippen LogP contribution in [0.25, 0.3) is 0 Å². The lowest BCUT2D eigenvalue weighted by molar-refractivity contribution is -0.157. The molecule has 49 heavy (non-hydrogen) atoms. The van der Waals surface area contributed by atoms with Gasteiger partial charge in [0.25, 0.3) is 0 Å². The number of anilines is 2. The van der Waals surface area contributed by atoms with Crippen molar-refractivity contribution in [2.45, 2.75) is 111 Å². The first kappa shape index (κ1) is 41.7. The molecule has 2 atom stereocenters. The molecule has 0 saturated heterocycles. The van der Waals surface area contributed by atoms with E-state index >= 15 is 0 Å². The number of hydrogen-bond donors (Lipinski definition) is 3. The van der Waals surface area contributed by atoms with Gasteiger partial charge in [-0.1, -0.05) is 23.2 Å². The lowest BCUT2D eigenvalue weighted by Crippen LogP contribution is -2.32. The van der Waals surface area contributed by atoms with E-state index < -0.39 is 34.9 Å². The summed E-state index contributed by atoms with van der Waals surface area (Å²) >= 11 is 12.0. The first-order chi connectivity index (χ1) is 22.8. The molecule has 0 heterocycles. The fourth-order valence-electron chi connectivity index (χ4n) is 4.58. The van der Waals surface area contributed by atoms with Crippen LogP contribution in [0.3, 0.4) is 0 Å². The predicted molar refractivity (Wildman–Crippen MR) is 194 cm³/mol. The van der Waals surface area contributed by atoms with Crippen molar-refractivity contribution in [2.24, 2.45) is 11.8 Å². The predicted octanol–water partition coefficient (Wildman–Crippen LogP) is 7.60. The highest BCUT2D eigenvalue weighted by atomic mass is 35.5. The number of rotatable bonds is 14. The molecular formula is C37H51Cl2N3O7. The molecule has 3 rings (SSSR count). The molecule has 1 saturated carbocycles. The Morgan fingerprint density at radius 3 is 1.59 bits per heavy atom. The number of halogens is 2. The van der Waals surface area contributed by atoms with E-state index in [1.165, 1.54) is 12.8 Å². The molecule has 0 aliphatic heterocycles. The number of ether oxygens (including phenoxy) is 2. The lowest BCUT2D eigenvalue weighted by Gasteiger charge is -2.22. The summed E-state index contributed by atoms with van der Waals surface area (Å²) in [6.07, 6.45) is 3.48. The first-order valence-corrected chi connectivity index (χ1v) is 17.3. The summed E-state index contributed by atoms with van der Waals surface area (Å²) in [6.45, 7) is 15.1. The van der Waals surface area contributed by atoms with Gasteiger partial charge in [-0.2, -0.15) is 0 Å². The fraction of sp³-hybridized carbons (Fsp3) is 0.541. The van der Waals surface area contributed by atoms with Crippen molar-refractivity contribution in [3.05, 3.63) is 57.6 Å². The second-order valence-corrected chi connectivity index (χ2v) is 15.1. The first-order valence-electron chi connectivity index (χ1n) is 16.5. The van der Waals surface area contributed by atoms with Gasteiger partial charge in [0.2, 0.25) is 11.8 Å². The van der Waals surface area contributed by atoms with E-state index in [1.54, 1.807) is 51.1 Å². The van der Waals surface area contributed by atoms with Gasteiger partial charge < -0.3 is 30.2 Å². The Morgan fingerprint density at radius 2 is 1.20 bits per heavy atom. The number of nitrogens with one attached hydrogen (secondary N) is 3. The Kier molecular flexibility index (Phi) is 16.2. The minimum Gasteiger partial charge on any atom is -0.460 e. The van der Waals surface area contributed by atoms with Crippen LogP contribution in [0.1, 0.15) is 91.2 Å². The van der Waals surface area contributed by atoms with Crippen LogP contribution in [-0.2, 0) is 33.4 Å². The molecule has 1 aliphatic carbocycles. The number of benzene rings is 2. The molecule has 0 aromatic heterocycles. The molecule has 1 aliphatic rings. The summed E-state index contributed by atoms with van der Waals surface area (Å²) in [7, 11) is 0. The van der Waals surface area contributed by atoms with Gasteiger partial charge in [0.05, 0.1) is 18.8 Å². The average molecular weight is 721 g/mol. The Hall–Kier alpha value is -3.47. The van der Waals surface area contributed by atoms with Gasteiger partial charge in [0.15, 0.2) is 0 Å². The average Bonchev–Trinajstić information content (AvgIpc) is 3.79. The van der Waals surface area contributed by atoms with Crippen molar-refractivity contribution in [1.29, 1.82) is 0 Å². The van der Waals surface area contributed by atoms with Crippen LogP contribution in [0.15, 0.2) is 36.4 Å². The summed E-state index contributed by atoms with van der Waals surface area (Å²) in [4.78, 5) is 59.9. The molecule has 270 valence electrons. The van der Waals surface area contributed by atoms with Gasteiger partial charge in [0, 0.05) is 39.8 Å². The van der Waals surface area contributed by atoms with Crippen LogP contribution < -0.4 is 16.0 Å². The van der Waals surface area contributed by atoms with E-state index in [9.17, 15) is 24.0 Å². The Balaban J connectivity index is 0.000000343. The number of carbonyl (C=O) groups is 5. The smallest absolute Gasteiger partial charge is 0.307 e. The highest BCUT2D eigenvalue weighted by Crippen LogP contribution is 2.24. The van der Waals surface area contributed by atoms with Gasteiger partial charge in [0.1, 0.15) is 17.5 Å². The monoisotopic (exact) mass is 719 g/mol. The van der Waals surface area contributed by atoms with Gasteiger partial charge in [-0.15, -0.1) is 0 Å². The number of amides is 2. The molecule has 0 bridgehead atoms. The zero-order valence-electron chi connectivity index (χ0n) is 29.8. The normalized spacial score (nSPS) is 14.0. The highest BCUT2D eigenvalue weighted by molar-refractivity contribution is 6.31. The summed E-state index contributed by atoms with van der Waals surface area (Å²) in [6, 6.07) is 11.0. The van der Waals surface area contributed by atoms with Crippen LogP contribution >= 0.6 is 23.2 Å². The van der Waals surface area contributed by atoms with Crippen LogP contribution in [0, 0.1) is 25.7 Å². The minimum atomic E-state index is -0.765. The van der Waals surface area contributed by atoms with Crippen LogP contribution in [-0.4, -0.2) is 53.8 Å². The minimum absolute atomic E-state index is 0.0440. The quantitative estimate of drug-likeness (QED) is 0.134. The summed E-state index contributed by atoms with van der Waals surface area (Å²) in [5.41, 5.74) is 1.77. The molecule has 2 aromatic carbocycles. The van der Waals surface area contributed by atoms with E-state index in [0.717, 1.165) is 11.1 Å². The number of aryl methyl sites for hydroxylation is 2. The van der Waals surface area contributed by atoms with Crippen molar-refractivity contribution in [3.63, 3.8) is 0 Å². The third-order valence-electron chi connectivity index (χ3n) is 7.14. The zero-order valence-corrected chi connectivity index (χ0v) is 31.3. The molecule has 1 fully saturated rings. The van der Waals surface area contributed by atoms with E-state index in [-0.39, 0.29) is 31.1 Å². The third-order valence-corrected chi connectivity index (χ3v) is 7.99. The van der Waals surface area contributed by atoms with Gasteiger partial charge in [-0.05, 0) is 129 Å². The van der Waals surface area contributed by atoms with E-state index in [0.29, 0.717) is 46.7 Å². The standard InChI is InChI=1S/C20H29ClN2O3.C17H22ClNO4/c1-13-11-16(7-8-17(13)21)23-19(25)14(9-10-22-15-5-6-15)12-18(24)26-20(2,3)4;1-11-9-13(5-6-14(11)18)19-16(22)12(7-8-20)10-15(21)23-17(2,3)4/h7-8,11,14-15,22H,5-6,9-10,12H2,1-4H3,(H,23,25);5-6,8-9,12H,7,10H2,1-4H3,(H,19,22)/t14-;12-/m11/s1. The Bertz CT molecular complexity index is 1460. The maximum atomic E-state index is 12.7. The SMILES string of the molecule is Cc1cc(NC(=O)[C@H](CC=O)CC(=O)OC(C)(C)C)ccc1Cl.Cc1cc(NC(=O)[C@H](CCNC2CC2)CC(=O)OC(C)(C)C)ccc1Cl. The van der Waals surface area contributed by atoms with Gasteiger partial charge in [-0.25, -0.2) is 0 Å². The number of hydrogen-bond acceptors (Lipinski definition) is 8. The molecule has 12 heteroatoms. The van der Waals surface area contributed by atoms with Crippen LogP contribution in [0.4, 0.5) is 11.4 Å². The lowest BCUT2D eigenvalue weighted by atomic mass is 9.99. The van der Waals surface area contributed by atoms with E-state index in [4.69, 9.17) is 32.7 Å². The number of carbonyl (C=O) groups excluding carboxylic acids is 5. The zero-order chi connectivity index (χ0) is 36.9. The molecule has 2 amide bonds. The van der Waals surface area contributed by atoms with Crippen molar-refractivity contribution < 1.29 is 33.4 Å². The van der Waals surface area contributed by atoms with Crippen LogP contribution in [0.2, 0.25) is 10.0 Å². The molecule has 0 radical (unpaired) electrons. The fourth-order valence-corrected chi connectivity index (χ4v) is 4.81. The summed E-state index contributed by atoms with van der Waals surface area (Å²) in [5.74, 6) is -2.63. The molecule has 2 aromatic rings. The largest absolute Gasteiger partial charge is 0.460 e. The molecule has 0 spiro atoms.